The van der Waals surface area contributed by atoms with E-state index in [9.17, 15) is 4.79 Å². The zero-order valence-electron chi connectivity index (χ0n) is 16.5. The summed E-state index contributed by atoms with van der Waals surface area (Å²) in [6, 6.07) is 21.1. The summed E-state index contributed by atoms with van der Waals surface area (Å²) in [5, 5.41) is 8.89. The van der Waals surface area contributed by atoms with Crippen LogP contribution in [0.1, 0.15) is 31.4 Å². The third kappa shape index (κ3) is 5.88. The number of allylic oxidation sites excluding steroid dienone is 1. The molecule has 0 amide bonds. The first-order valence-electron chi connectivity index (χ1n) is 9.45. The molecule has 2 aromatic carbocycles. The average Bonchev–Trinajstić information content (AvgIpc) is 2.73. The van der Waals surface area contributed by atoms with Gasteiger partial charge < -0.3 is 9.53 Å². The number of carbonyl (C=O) groups is 1. The number of Topliss-reactive ketones (excluding diaryl/α,β-unsaturated/α-hetero) is 1. The maximum atomic E-state index is 11.1. The highest BCUT2D eigenvalue weighted by molar-refractivity contribution is 5.76. The molecule has 0 spiro atoms. The molecular weight excluding hydrogens is 360 g/mol. The highest BCUT2D eigenvalue weighted by atomic mass is 16.5. The number of hydrogen-bond donors (Lipinski definition) is 0. The third-order valence-corrected chi connectivity index (χ3v) is 4.41. The molecule has 0 bridgehead atoms. The van der Waals surface area contributed by atoms with Crippen molar-refractivity contribution in [2.45, 2.75) is 20.3 Å². The number of aromatic nitrogens is 1. The van der Waals surface area contributed by atoms with Crippen LogP contribution in [0.3, 0.4) is 0 Å². The Morgan fingerprint density at radius 1 is 1.07 bits per heavy atom. The molecule has 3 rings (SSSR count). The Balaban J connectivity index is 1.62. The molecule has 0 aliphatic rings. The van der Waals surface area contributed by atoms with Crippen LogP contribution in [0.15, 0.2) is 72.9 Å². The number of benzene rings is 2. The molecule has 1 atom stereocenters. The number of carbonyl (C=O) groups excluding carboxylic acids is 1. The summed E-state index contributed by atoms with van der Waals surface area (Å²) >= 11 is 0. The van der Waals surface area contributed by atoms with Gasteiger partial charge in [-0.25, -0.2) is 4.98 Å². The summed E-state index contributed by atoms with van der Waals surface area (Å²) in [6.45, 7) is 3.62. The molecule has 3 aromatic rings. The van der Waals surface area contributed by atoms with Gasteiger partial charge in [0.15, 0.2) is 0 Å². The third-order valence-electron chi connectivity index (χ3n) is 4.41. The van der Waals surface area contributed by atoms with E-state index < -0.39 is 0 Å². The first kappa shape index (κ1) is 20.0. The number of ketones is 1. The first-order valence-corrected chi connectivity index (χ1v) is 9.45. The quantitative estimate of drug-likeness (QED) is 0.500. The summed E-state index contributed by atoms with van der Waals surface area (Å²) in [4.78, 5) is 15.5. The Morgan fingerprint density at radius 3 is 2.28 bits per heavy atom. The van der Waals surface area contributed by atoms with Crippen LogP contribution in [0.4, 0.5) is 0 Å². The predicted octanol–water partition coefficient (Wildman–Crippen LogP) is 6.04. The summed E-state index contributed by atoms with van der Waals surface area (Å²) in [5.74, 6) is 1.62. The van der Waals surface area contributed by atoms with Gasteiger partial charge in [-0.3, -0.25) is 0 Å². The van der Waals surface area contributed by atoms with Crippen LogP contribution >= 0.6 is 0 Å². The second-order valence-corrected chi connectivity index (χ2v) is 6.99. The topological polar surface area (TPSA) is 63.0 Å². The number of rotatable bonds is 7. The fourth-order valence-corrected chi connectivity index (χ4v) is 2.92. The zero-order chi connectivity index (χ0) is 20.6. The lowest BCUT2D eigenvalue weighted by atomic mass is 10.0. The number of nitrogens with zero attached hydrogens (tertiary/aromatic N) is 2. The Morgan fingerprint density at radius 2 is 1.72 bits per heavy atom. The summed E-state index contributed by atoms with van der Waals surface area (Å²) in [5.41, 5.74) is 3.70. The molecule has 29 heavy (non-hydrogen) atoms. The molecule has 1 heterocycles. The molecule has 1 aromatic heterocycles. The smallest absolute Gasteiger partial charge is 0.219 e. The first-order chi connectivity index (χ1) is 14.0. The summed E-state index contributed by atoms with van der Waals surface area (Å²) in [6.07, 6.45) is 6.28. The highest BCUT2D eigenvalue weighted by Gasteiger charge is 2.03. The van der Waals surface area contributed by atoms with Gasteiger partial charge in [0.05, 0.1) is 11.6 Å². The lowest BCUT2D eigenvalue weighted by Gasteiger charge is -2.07. The van der Waals surface area contributed by atoms with Crippen molar-refractivity contribution in [1.29, 1.82) is 5.26 Å². The van der Waals surface area contributed by atoms with Crippen molar-refractivity contribution in [3.05, 3.63) is 84.1 Å². The second kappa shape index (κ2) is 9.48. The molecule has 0 saturated carbocycles. The van der Waals surface area contributed by atoms with Crippen molar-refractivity contribution in [1.82, 2.24) is 4.98 Å². The van der Waals surface area contributed by atoms with Gasteiger partial charge >= 0.3 is 0 Å². The Kier molecular flexibility index (Phi) is 6.55. The van der Waals surface area contributed by atoms with Crippen LogP contribution in [-0.4, -0.2) is 10.8 Å². The molecule has 0 saturated heterocycles. The van der Waals surface area contributed by atoms with E-state index in [1.165, 1.54) is 0 Å². The molecule has 0 N–H and O–H groups in total. The predicted molar refractivity (Wildman–Crippen MR) is 114 cm³/mol. The lowest BCUT2D eigenvalue weighted by Crippen LogP contribution is -1.97. The standard InChI is InChI=1S/C25H22N2O2/c1-18(15-19(2)28)3-4-21-7-14-25(27-17-21)29-24-12-10-23(11-13-24)22-8-5-20(16-26)6-9-22/h3-14,17-18H,15H2,1-2H3/b4-3+/t18-/m0/s1. The van der Waals surface area contributed by atoms with Crippen LogP contribution in [0.5, 0.6) is 11.6 Å². The van der Waals surface area contributed by atoms with Gasteiger partial charge in [-0.2, -0.15) is 5.26 Å². The van der Waals surface area contributed by atoms with Crippen molar-refractivity contribution in [3.63, 3.8) is 0 Å². The van der Waals surface area contributed by atoms with Crippen molar-refractivity contribution < 1.29 is 9.53 Å². The van der Waals surface area contributed by atoms with E-state index in [1.807, 2.05) is 67.6 Å². The fourth-order valence-electron chi connectivity index (χ4n) is 2.92. The van der Waals surface area contributed by atoms with Gasteiger partial charge in [-0.15, -0.1) is 0 Å². The van der Waals surface area contributed by atoms with Crippen LogP contribution in [0.2, 0.25) is 0 Å². The summed E-state index contributed by atoms with van der Waals surface area (Å²) < 4.78 is 5.82. The van der Waals surface area contributed by atoms with Crippen LogP contribution in [-0.2, 0) is 4.79 Å². The van der Waals surface area contributed by atoms with Crippen LogP contribution in [0, 0.1) is 17.2 Å². The van der Waals surface area contributed by atoms with E-state index in [0.717, 1.165) is 16.7 Å². The van der Waals surface area contributed by atoms with Crippen molar-refractivity contribution in [2.24, 2.45) is 5.92 Å². The zero-order valence-corrected chi connectivity index (χ0v) is 16.5. The molecule has 0 fully saturated rings. The molecule has 0 unspecified atom stereocenters. The fraction of sp³-hybridized carbons (Fsp3) is 0.160. The van der Waals surface area contributed by atoms with E-state index in [-0.39, 0.29) is 11.7 Å². The van der Waals surface area contributed by atoms with E-state index in [1.54, 1.807) is 25.3 Å². The molecule has 4 nitrogen and oxygen atoms in total. The Hall–Kier alpha value is -3.71. The van der Waals surface area contributed by atoms with Crippen molar-refractivity contribution in [2.75, 3.05) is 0 Å². The minimum absolute atomic E-state index is 0.189. The van der Waals surface area contributed by atoms with E-state index in [0.29, 0.717) is 23.6 Å². The lowest BCUT2D eigenvalue weighted by molar-refractivity contribution is -0.117. The normalized spacial score (nSPS) is 11.8. The van der Waals surface area contributed by atoms with Gasteiger partial charge in [0, 0.05) is 18.7 Å². The largest absolute Gasteiger partial charge is 0.439 e. The van der Waals surface area contributed by atoms with Crippen LogP contribution < -0.4 is 4.74 Å². The molecule has 0 radical (unpaired) electrons. The number of ether oxygens (including phenoxy) is 1. The van der Waals surface area contributed by atoms with Gasteiger partial charge in [0.25, 0.3) is 0 Å². The van der Waals surface area contributed by atoms with Gasteiger partial charge in [0.2, 0.25) is 5.88 Å². The molecular formula is C25H22N2O2. The second-order valence-electron chi connectivity index (χ2n) is 6.99. The maximum absolute atomic E-state index is 11.1. The molecule has 0 aliphatic heterocycles. The Bertz CT molecular complexity index is 1030. The Labute approximate surface area is 171 Å². The number of hydrogen-bond acceptors (Lipinski definition) is 4. The van der Waals surface area contributed by atoms with Crippen molar-refractivity contribution >= 4 is 11.9 Å². The van der Waals surface area contributed by atoms with Gasteiger partial charge in [-0.05, 0) is 59.9 Å². The highest BCUT2D eigenvalue weighted by Crippen LogP contribution is 2.25. The maximum Gasteiger partial charge on any atom is 0.219 e. The monoisotopic (exact) mass is 382 g/mol. The summed E-state index contributed by atoms with van der Waals surface area (Å²) in [7, 11) is 0. The minimum atomic E-state index is 0.189. The minimum Gasteiger partial charge on any atom is -0.439 e. The van der Waals surface area contributed by atoms with Crippen LogP contribution in [0.25, 0.3) is 17.2 Å². The molecule has 0 aliphatic carbocycles. The van der Waals surface area contributed by atoms with Crippen molar-refractivity contribution in [3.8, 4) is 28.8 Å². The van der Waals surface area contributed by atoms with Gasteiger partial charge in [0.1, 0.15) is 11.5 Å². The number of pyridine rings is 1. The van der Waals surface area contributed by atoms with E-state index >= 15 is 0 Å². The van der Waals surface area contributed by atoms with Gasteiger partial charge in [-0.1, -0.05) is 43.3 Å². The molecule has 144 valence electrons. The van der Waals surface area contributed by atoms with E-state index in [4.69, 9.17) is 10.00 Å². The number of nitriles is 1. The average molecular weight is 382 g/mol. The molecule has 4 heteroatoms. The van der Waals surface area contributed by atoms with E-state index in [2.05, 4.69) is 11.1 Å². The SMILES string of the molecule is CC(=O)C[C@@H](C)/C=C/c1ccc(Oc2ccc(-c3ccc(C#N)cc3)cc2)nc1.